The molecule has 0 aliphatic carbocycles. The van der Waals surface area contributed by atoms with Crippen molar-refractivity contribution in [1.82, 2.24) is 0 Å². The van der Waals surface area contributed by atoms with Crippen molar-refractivity contribution in [3.05, 3.63) is 58.9 Å². The summed E-state index contributed by atoms with van der Waals surface area (Å²) in [5.74, 6) is -0.293. The van der Waals surface area contributed by atoms with Gasteiger partial charge in [-0.3, -0.25) is 0 Å². The molecular formula is C14H10ClFN2. The summed E-state index contributed by atoms with van der Waals surface area (Å²) in [6.07, 6.45) is 0. The minimum Gasteiger partial charge on any atom is -0.344 e. The molecule has 2 rings (SSSR count). The fourth-order valence-corrected chi connectivity index (χ4v) is 1.85. The number of nitriles is 1. The first kappa shape index (κ1) is 12.4. The van der Waals surface area contributed by atoms with Crippen LogP contribution in [0, 0.1) is 17.1 Å². The third kappa shape index (κ3) is 2.44. The summed E-state index contributed by atoms with van der Waals surface area (Å²) >= 11 is 5.97. The van der Waals surface area contributed by atoms with Crippen LogP contribution in [0.15, 0.2) is 42.5 Å². The van der Waals surface area contributed by atoms with E-state index in [1.54, 1.807) is 35.2 Å². The van der Waals surface area contributed by atoms with Crippen molar-refractivity contribution in [2.75, 3.05) is 11.9 Å². The molecule has 0 aliphatic heterocycles. The van der Waals surface area contributed by atoms with E-state index < -0.39 is 0 Å². The highest BCUT2D eigenvalue weighted by Gasteiger charge is 2.07. The molecule has 0 unspecified atom stereocenters. The molecule has 0 radical (unpaired) electrons. The van der Waals surface area contributed by atoms with Crippen molar-refractivity contribution in [2.45, 2.75) is 0 Å². The maximum Gasteiger partial charge on any atom is 0.125 e. The first-order valence-corrected chi connectivity index (χ1v) is 5.68. The van der Waals surface area contributed by atoms with E-state index in [-0.39, 0.29) is 5.82 Å². The van der Waals surface area contributed by atoms with Gasteiger partial charge in [0.05, 0.1) is 10.6 Å². The van der Waals surface area contributed by atoms with Gasteiger partial charge in [-0.1, -0.05) is 17.7 Å². The summed E-state index contributed by atoms with van der Waals surface area (Å²) in [5.41, 5.74) is 1.94. The number of benzene rings is 2. The van der Waals surface area contributed by atoms with E-state index in [1.165, 1.54) is 12.1 Å². The van der Waals surface area contributed by atoms with E-state index in [9.17, 15) is 4.39 Å². The van der Waals surface area contributed by atoms with Crippen LogP contribution in [0.25, 0.3) is 0 Å². The van der Waals surface area contributed by atoms with Gasteiger partial charge in [-0.05, 0) is 36.4 Å². The van der Waals surface area contributed by atoms with Gasteiger partial charge in [-0.2, -0.15) is 5.26 Å². The van der Waals surface area contributed by atoms with Crippen molar-refractivity contribution in [1.29, 1.82) is 5.26 Å². The van der Waals surface area contributed by atoms with Gasteiger partial charge in [0, 0.05) is 18.4 Å². The fourth-order valence-electron chi connectivity index (χ4n) is 1.64. The molecule has 0 N–H and O–H groups in total. The van der Waals surface area contributed by atoms with Crippen molar-refractivity contribution in [2.24, 2.45) is 0 Å². The topological polar surface area (TPSA) is 27.0 Å². The van der Waals surface area contributed by atoms with Crippen LogP contribution in [0.3, 0.4) is 0 Å². The van der Waals surface area contributed by atoms with E-state index in [1.807, 2.05) is 13.1 Å². The second-order valence-corrected chi connectivity index (χ2v) is 4.22. The first-order valence-electron chi connectivity index (χ1n) is 5.31. The third-order valence-corrected chi connectivity index (χ3v) is 2.97. The molecule has 0 amide bonds. The second kappa shape index (κ2) is 5.07. The zero-order valence-electron chi connectivity index (χ0n) is 9.69. The fraction of sp³-hybridized carbons (Fsp3) is 0.0714. The molecule has 0 spiro atoms. The number of hydrogen-bond donors (Lipinski definition) is 0. The Balaban J connectivity index is 2.38. The molecular weight excluding hydrogens is 251 g/mol. The highest BCUT2D eigenvalue weighted by Crippen LogP contribution is 2.28. The zero-order valence-corrected chi connectivity index (χ0v) is 10.4. The number of rotatable bonds is 2. The molecule has 0 saturated carbocycles. The van der Waals surface area contributed by atoms with Crippen LogP contribution in [-0.4, -0.2) is 7.05 Å². The molecule has 90 valence electrons. The number of anilines is 2. The predicted octanol–water partition coefficient (Wildman–Crippen LogP) is 4.12. The Morgan fingerprint density at radius 3 is 2.50 bits per heavy atom. The van der Waals surface area contributed by atoms with Gasteiger partial charge in [0.25, 0.3) is 0 Å². The van der Waals surface area contributed by atoms with Crippen LogP contribution in [0.2, 0.25) is 5.02 Å². The van der Waals surface area contributed by atoms with E-state index in [0.29, 0.717) is 10.6 Å². The smallest absolute Gasteiger partial charge is 0.125 e. The van der Waals surface area contributed by atoms with Crippen LogP contribution in [0.1, 0.15) is 5.56 Å². The molecule has 2 aromatic rings. The monoisotopic (exact) mass is 260 g/mol. The summed E-state index contributed by atoms with van der Waals surface area (Å²) in [7, 11) is 1.81. The number of nitrogens with zero attached hydrogens (tertiary/aromatic N) is 2. The van der Waals surface area contributed by atoms with Gasteiger partial charge in [-0.15, -0.1) is 0 Å². The zero-order chi connectivity index (χ0) is 13.1. The standard InChI is InChI=1S/C14H10ClFN2/c1-18(12-4-2-3-11(16)7-12)13-6-5-10(9-17)14(15)8-13/h2-8H,1H3. The summed E-state index contributed by atoms with van der Waals surface area (Å²) in [6, 6.07) is 13.4. The van der Waals surface area contributed by atoms with Crippen LogP contribution < -0.4 is 4.90 Å². The van der Waals surface area contributed by atoms with Crippen LogP contribution in [0.5, 0.6) is 0 Å². The Bertz CT molecular complexity index is 619. The van der Waals surface area contributed by atoms with Crippen LogP contribution in [-0.2, 0) is 0 Å². The number of halogens is 2. The minimum absolute atomic E-state index is 0.293. The average molecular weight is 261 g/mol. The van der Waals surface area contributed by atoms with Gasteiger partial charge in [-0.25, -0.2) is 4.39 Å². The molecule has 0 heterocycles. The molecule has 2 aromatic carbocycles. The second-order valence-electron chi connectivity index (χ2n) is 3.81. The van der Waals surface area contributed by atoms with Crippen LogP contribution >= 0.6 is 11.6 Å². The third-order valence-electron chi connectivity index (χ3n) is 2.66. The maximum atomic E-state index is 13.1. The van der Waals surface area contributed by atoms with Gasteiger partial charge >= 0.3 is 0 Å². The summed E-state index contributed by atoms with van der Waals surface area (Å²) in [4.78, 5) is 1.80. The minimum atomic E-state index is -0.293. The first-order chi connectivity index (χ1) is 8.61. The van der Waals surface area contributed by atoms with Gasteiger partial charge in [0.15, 0.2) is 0 Å². The normalized spacial score (nSPS) is 9.89. The van der Waals surface area contributed by atoms with Gasteiger partial charge in [0.1, 0.15) is 11.9 Å². The van der Waals surface area contributed by atoms with E-state index in [0.717, 1.165) is 11.4 Å². The Morgan fingerprint density at radius 1 is 1.17 bits per heavy atom. The molecule has 18 heavy (non-hydrogen) atoms. The Labute approximate surface area is 110 Å². The lowest BCUT2D eigenvalue weighted by atomic mass is 10.2. The van der Waals surface area contributed by atoms with Crippen molar-refractivity contribution in [3.8, 4) is 6.07 Å². The molecule has 0 saturated heterocycles. The predicted molar refractivity (Wildman–Crippen MR) is 70.6 cm³/mol. The lowest BCUT2D eigenvalue weighted by molar-refractivity contribution is 0.628. The quantitative estimate of drug-likeness (QED) is 0.812. The van der Waals surface area contributed by atoms with Crippen molar-refractivity contribution < 1.29 is 4.39 Å². The average Bonchev–Trinajstić information content (AvgIpc) is 2.37. The Morgan fingerprint density at radius 2 is 1.89 bits per heavy atom. The highest BCUT2D eigenvalue weighted by atomic mass is 35.5. The lowest BCUT2D eigenvalue weighted by Crippen LogP contribution is -2.09. The Kier molecular flexibility index (Phi) is 3.50. The van der Waals surface area contributed by atoms with E-state index in [4.69, 9.17) is 16.9 Å². The number of hydrogen-bond acceptors (Lipinski definition) is 2. The Hall–Kier alpha value is -2.05. The molecule has 2 nitrogen and oxygen atoms in total. The molecule has 0 aromatic heterocycles. The summed E-state index contributed by atoms with van der Waals surface area (Å²) < 4.78 is 13.1. The summed E-state index contributed by atoms with van der Waals surface area (Å²) in [6.45, 7) is 0. The molecule has 0 atom stereocenters. The molecule has 0 bridgehead atoms. The molecule has 0 fully saturated rings. The maximum absolute atomic E-state index is 13.1. The van der Waals surface area contributed by atoms with Gasteiger partial charge in [0.2, 0.25) is 0 Å². The van der Waals surface area contributed by atoms with E-state index >= 15 is 0 Å². The van der Waals surface area contributed by atoms with Gasteiger partial charge < -0.3 is 4.90 Å². The van der Waals surface area contributed by atoms with Crippen LogP contribution in [0.4, 0.5) is 15.8 Å². The summed E-state index contributed by atoms with van der Waals surface area (Å²) in [5, 5.41) is 9.19. The highest BCUT2D eigenvalue weighted by molar-refractivity contribution is 6.32. The van der Waals surface area contributed by atoms with Crippen molar-refractivity contribution >= 4 is 23.0 Å². The SMILES string of the molecule is CN(c1cccc(F)c1)c1ccc(C#N)c(Cl)c1. The molecule has 4 heteroatoms. The van der Waals surface area contributed by atoms with Crippen molar-refractivity contribution in [3.63, 3.8) is 0 Å². The molecule has 0 aliphatic rings. The lowest BCUT2D eigenvalue weighted by Gasteiger charge is -2.19. The largest absolute Gasteiger partial charge is 0.344 e. The van der Waals surface area contributed by atoms with E-state index in [2.05, 4.69) is 0 Å².